The van der Waals surface area contributed by atoms with Crippen LogP contribution in [0.15, 0.2) is 0 Å². The SMILES string of the molecule is CN(C)CCOCCNCCS(N)(=O)=O. The van der Waals surface area contributed by atoms with Gasteiger partial charge in [0.15, 0.2) is 0 Å². The van der Waals surface area contributed by atoms with Crippen molar-refractivity contribution in [3.05, 3.63) is 0 Å². The molecule has 0 fully saturated rings. The molecule has 0 radical (unpaired) electrons. The minimum atomic E-state index is -3.34. The highest BCUT2D eigenvalue weighted by atomic mass is 32.2. The molecule has 92 valence electrons. The first-order valence-corrected chi connectivity index (χ1v) is 6.57. The second kappa shape index (κ2) is 8.00. The molecule has 15 heavy (non-hydrogen) atoms. The number of ether oxygens (including phenoxy) is 1. The summed E-state index contributed by atoms with van der Waals surface area (Å²) in [5.41, 5.74) is 0. The van der Waals surface area contributed by atoms with Crippen molar-refractivity contribution in [2.45, 2.75) is 0 Å². The number of hydrogen-bond acceptors (Lipinski definition) is 5. The van der Waals surface area contributed by atoms with Gasteiger partial charge in [0, 0.05) is 19.6 Å². The summed E-state index contributed by atoms with van der Waals surface area (Å²) in [7, 11) is 0.617. The van der Waals surface area contributed by atoms with Crippen molar-refractivity contribution in [2.75, 3.05) is 52.7 Å². The highest BCUT2D eigenvalue weighted by Crippen LogP contribution is 1.78. The molecule has 0 amide bonds. The highest BCUT2D eigenvalue weighted by Gasteiger charge is 2.00. The lowest BCUT2D eigenvalue weighted by atomic mass is 10.6. The number of sulfonamides is 1. The maximum absolute atomic E-state index is 10.5. The fourth-order valence-electron chi connectivity index (χ4n) is 0.833. The lowest BCUT2D eigenvalue weighted by molar-refractivity contribution is 0.119. The molecule has 0 atom stereocenters. The molecule has 0 saturated heterocycles. The molecule has 0 bridgehead atoms. The molecule has 0 aromatic heterocycles. The molecule has 0 saturated carbocycles. The van der Waals surface area contributed by atoms with Gasteiger partial charge in [-0.2, -0.15) is 0 Å². The summed E-state index contributed by atoms with van der Waals surface area (Å²) < 4.78 is 26.4. The summed E-state index contributed by atoms with van der Waals surface area (Å²) in [6, 6.07) is 0. The van der Waals surface area contributed by atoms with E-state index in [0.717, 1.165) is 6.54 Å². The van der Waals surface area contributed by atoms with E-state index in [2.05, 4.69) is 5.32 Å². The fourth-order valence-corrected chi connectivity index (χ4v) is 1.26. The van der Waals surface area contributed by atoms with Crippen molar-refractivity contribution >= 4 is 10.0 Å². The lowest BCUT2D eigenvalue weighted by Crippen LogP contribution is -2.29. The van der Waals surface area contributed by atoms with Gasteiger partial charge in [-0.3, -0.25) is 0 Å². The number of nitrogens with one attached hydrogen (secondary N) is 1. The molecule has 0 rings (SSSR count). The zero-order valence-corrected chi connectivity index (χ0v) is 10.2. The first kappa shape index (κ1) is 14.8. The van der Waals surface area contributed by atoms with Crippen molar-refractivity contribution in [1.82, 2.24) is 10.2 Å². The molecule has 0 aliphatic heterocycles. The molecule has 0 aromatic rings. The summed E-state index contributed by atoms with van der Waals surface area (Å²) in [4.78, 5) is 2.04. The van der Waals surface area contributed by atoms with Crippen LogP contribution in [-0.2, 0) is 14.8 Å². The van der Waals surface area contributed by atoms with Crippen LogP contribution in [0.1, 0.15) is 0 Å². The summed E-state index contributed by atoms with van der Waals surface area (Å²) >= 11 is 0. The smallest absolute Gasteiger partial charge is 0.210 e. The number of hydrogen-bond donors (Lipinski definition) is 2. The summed E-state index contributed by atoms with van der Waals surface area (Å²) in [5, 5.41) is 7.76. The first-order valence-electron chi connectivity index (χ1n) is 4.85. The lowest BCUT2D eigenvalue weighted by Gasteiger charge is -2.09. The minimum absolute atomic E-state index is 0.0370. The van der Waals surface area contributed by atoms with Gasteiger partial charge in [0.05, 0.1) is 19.0 Å². The van der Waals surface area contributed by atoms with Gasteiger partial charge >= 0.3 is 0 Å². The van der Waals surface area contributed by atoms with E-state index in [1.165, 1.54) is 0 Å². The summed E-state index contributed by atoms with van der Waals surface area (Å²) in [6.45, 7) is 3.17. The third-order valence-corrected chi connectivity index (χ3v) is 2.44. The van der Waals surface area contributed by atoms with Crippen LogP contribution >= 0.6 is 0 Å². The molecule has 0 aliphatic carbocycles. The average molecular weight is 239 g/mol. The Morgan fingerprint density at radius 1 is 1.27 bits per heavy atom. The van der Waals surface area contributed by atoms with Crippen LogP contribution < -0.4 is 10.5 Å². The predicted octanol–water partition coefficient (Wildman–Crippen LogP) is -1.56. The van der Waals surface area contributed by atoms with Gasteiger partial charge in [-0.25, -0.2) is 13.6 Å². The van der Waals surface area contributed by atoms with E-state index in [9.17, 15) is 8.42 Å². The van der Waals surface area contributed by atoms with E-state index in [-0.39, 0.29) is 5.75 Å². The Morgan fingerprint density at radius 3 is 2.47 bits per heavy atom. The van der Waals surface area contributed by atoms with Gasteiger partial charge in [0.1, 0.15) is 0 Å². The van der Waals surface area contributed by atoms with Crippen molar-refractivity contribution in [2.24, 2.45) is 5.14 Å². The van der Waals surface area contributed by atoms with Crippen LogP contribution in [0.3, 0.4) is 0 Å². The summed E-state index contributed by atoms with van der Waals surface area (Å²) in [5.74, 6) is -0.0370. The summed E-state index contributed by atoms with van der Waals surface area (Å²) in [6.07, 6.45) is 0. The predicted molar refractivity (Wildman–Crippen MR) is 60.2 cm³/mol. The monoisotopic (exact) mass is 239 g/mol. The van der Waals surface area contributed by atoms with Crippen LogP contribution in [0.25, 0.3) is 0 Å². The van der Waals surface area contributed by atoms with Crippen LogP contribution in [-0.4, -0.2) is 66.0 Å². The number of rotatable bonds is 9. The molecule has 7 heteroatoms. The quantitative estimate of drug-likeness (QED) is 0.476. The van der Waals surface area contributed by atoms with Gasteiger partial charge in [-0.15, -0.1) is 0 Å². The molecule has 0 aromatic carbocycles. The average Bonchev–Trinajstić information content (AvgIpc) is 2.07. The Balaban J connectivity index is 3.12. The van der Waals surface area contributed by atoms with Crippen LogP contribution in [0, 0.1) is 0 Å². The Morgan fingerprint density at radius 2 is 1.93 bits per heavy atom. The van der Waals surface area contributed by atoms with E-state index in [0.29, 0.717) is 26.3 Å². The molecule has 0 aliphatic rings. The molecular weight excluding hydrogens is 218 g/mol. The number of likely N-dealkylation sites (N-methyl/N-ethyl adjacent to an activating group) is 1. The number of nitrogens with zero attached hydrogens (tertiary/aromatic N) is 1. The highest BCUT2D eigenvalue weighted by molar-refractivity contribution is 7.89. The Labute approximate surface area is 91.8 Å². The maximum Gasteiger partial charge on any atom is 0.210 e. The van der Waals surface area contributed by atoms with Gasteiger partial charge in [-0.05, 0) is 14.1 Å². The largest absolute Gasteiger partial charge is 0.379 e. The van der Waals surface area contributed by atoms with E-state index in [1.54, 1.807) is 0 Å². The third kappa shape index (κ3) is 13.8. The molecule has 0 spiro atoms. The topological polar surface area (TPSA) is 84.7 Å². The van der Waals surface area contributed by atoms with Crippen LogP contribution in [0.5, 0.6) is 0 Å². The van der Waals surface area contributed by atoms with Gasteiger partial charge in [-0.1, -0.05) is 0 Å². The number of primary sulfonamides is 1. The first-order chi connectivity index (χ1) is 6.92. The minimum Gasteiger partial charge on any atom is -0.379 e. The fraction of sp³-hybridized carbons (Fsp3) is 1.00. The Kier molecular flexibility index (Phi) is 7.89. The Bertz CT molecular complexity index is 242. The van der Waals surface area contributed by atoms with E-state index in [1.807, 2.05) is 19.0 Å². The molecule has 0 heterocycles. The van der Waals surface area contributed by atoms with Gasteiger partial charge in [0.25, 0.3) is 0 Å². The van der Waals surface area contributed by atoms with E-state index in [4.69, 9.17) is 9.88 Å². The van der Waals surface area contributed by atoms with Crippen LogP contribution in [0.2, 0.25) is 0 Å². The normalized spacial score (nSPS) is 12.3. The van der Waals surface area contributed by atoms with Crippen molar-refractivity contribution < 1.29 is 13.2 Å². The molecule has 0 unspecified atom stereocenters. The zero-order valence-electron chi connectivity index (χ0n) is 9.40. The van der Waals surface area contributed by atoms with Crippen LogP contribution in [0.4, 0.5) is 0 Å². The van der Waals surface area contributed by atoms with Crippen molar-refractivity contribution in [3.8, 4) is 0 Å². The third-order valence-electron chi connectivity index (χ3n) is 1.67. The second-order valence-electron chi connectivity index (χ2n) is 3.53. The van der Waals surface area contributed by atoms with E-state index < -0.39 is 10.0 Å². The molecule has 3 N–H and O–H groups in total. The van der Waals surface area contributed by atoms with Crippen molar-refractivity contribution in [3.63, 3.8) is 0 Å². The van der Waals surface area contributed by atoms with E-state index >= 15 is 0 Å². The van der Waals surface area contributed by atoms with Crippen molar-refractivity contribution in [1.29, 1.82) is 0 Å². The zero-order chi connectivity index (χ0) is 11.7. The van der Waals surface area contributed by atoms with Gasteiger partial charge in [0.2, 0.25) is 10.0 Å². The van der Waals surface area contributed by atoms with Gasteiger partial charge < -0.3 is 15.0 Å². The number of nitrogens with two attached hydrogens (primary N) is 1. The second-order valence-corrected chi connectivity index (χ2v) is 5.27. The standard InChI is InChI=1S/C8H21N3O3S/c1-11(2)5-7-14-6-3-10-4-8-15(9,12)13/h10H,3-8H2,1-2H3,(H2,9,12,13). The molecular formula is C8H21N3O3S. The maximum atomic E-state index is 10.5. The Hall–Kier alpha value is -0.210. The molecule has 6 nitrogen and oxygen atoms in total.